The first-order valence-corrected chi connectivity index (χ1v) is 8.32. The molecule has 2 rings (SSSR count). The van der Waals surface area contributed by atoms with Crippen molar-refractivity contribution in [3.8, 4) is 0 Å². The smallest absolute Gasteiger partial charge is 0.387 e. The van der Waals surface area contributed by atoms with Gasteiger partial charge >= 0.3 is 12.6 Å². The highest BCUT2D eigenvalue weighted by Gasteiger charge is 2.71. The highest BCUT2D eigenvalue weighted by atomic mass is 19.4. The predicted molar refractivity (Wildman–Crippen MR) is 88.2 cm³/mol. The van der Waals surface area contributed by atoms with E-state index in [1.807, 2.05) is 0 Å². The van der Waals surface area contributed by atoms with Crippen LogP contribution in [0.25, 0.3) is 0 Å². The third-order valence-electron chi connectivity index (χ3n) is 4.40. The number of rotatable bonds is 7. The Morgan fingerprint density at radius 2 is 1.19 bits per heavy atom. The number of aliphatic hydroxyl groups excluding tert-OH is 1. The third-order valence-corrected chi connectivity index (χ3v) is 4.40. The van der Waals surface area contributed by atoms with Crippen LogP contribution in [0, 0.1) is 0 Å². The van der Waals surface area contributed by atoms with Gasteiger partial charge in [0.1, 0.15) is 19.2 Å². The lowest BCUT2D eigenvalue weighted by atomic mass is 10.1. The summed E-state index contributed by atoms with van der Waals surface area (Å²) in [5, 5.41) is 10.0. The maximum atomic E-state index is 13.6. The molecular weight excluding hydrogens is 372 g/mol. The normalized spacial score (nSPS) is 14.2. The highest BCUT2D eigenvalue weighted by Crippen LogP contribution is 2.44. The second-order valence-electron chi connectivity index (χ2n) is 6.41. The number of benzene rings is 2. The molecule has 0 unspecified atom stereocenters. The van der Waals surface area contributed by atoms with E-state index in [1.54, 1.807) is 30.3 Å². The Morgan fingerprint density at radius 3 is 1.63 bits per heavy atom. The van der Waals surface area contributed by atoms with Gasteiger partial charge in [-0.15, -0.1) is 30.8 Å². The first-order valence-electron chi connectivity index (χ1n) is 8.32. The molecule has 0 bridgehead atoms. The zero-order chi connectivity index (χ0) is 20.1. The van der Waals surface area contributed by atoms with Gasteiger partial charge in [-0.05, 0) is 18.4 Å². The molecule has 1 N–H and O–H groups in total. The third kappa shape index (κ3) is 5.23. The van der Waals surface area contributed by atoms with E-state index in [0.29, 0.717) is 0 Å². The first-order chi connectivity index (χ1) is 12.6. The standard InChI is InChI=1S/C19H20F6NO/c20-18(21,22)26(19(23,24)25,13-16-9-5-2-6-10-16)14-17(27)12-11-15-7-3-1-4-8-15/h1-10,17,27H,11-14H2/q+1/t17-/m1/s1. The van der Waals surface area contributed by atoms with Crippen molar-refractivity contribution in [3.63, 3.8) is 0 Å². The first kappa shape index (κ1) is 21.2. The highest BCUT2D eigenvalue weighted by molar-refractivity contribution is 5.15. The zero-order valence-electron chi connectivity index (χ0n) is 14.3. The lowest BCUT2D eigenvalue weighted by molar-refractivity contribution is -1.12. The van der Waals surface area contributed by atoms with Gasteiger partial charge in [-0.25, -0.2) is 0 Å². The summed E-state index contributed by atoms with van der Waals surface area (Å²) >= 11 is 0. The average Bonchev–Trinajstić information content (AvgIpc) is 2.59. The minimum absolute atomic E-state index is 0.109. The zero-order valence-corrected chi connectivity index (χ0v) is 14.3. The maximum absolute atomic E-state index is 13.6. The fraction of sp³-hybridized carbons (Fsp3) is 0.368. The molecule has 0 aliphatic heterocycles. The molecular formula is C19H20F6NO+. The van der Waals surface area contributed by atoms with Crippen molar-refractivity contribution in [2.24, 2.45) is 0 Å². The number of quaternary nitrogens is 1. The monoisotopic (exact) mass is 392 g/mol. The van der Waals surface area contributed by atoms with Crippen molar-refractivity contribution in [1.29, 1.82) is 0 Å². The summed E-state index contributed by atoms with van der Waals surface area (Å²) in [7, 11) is 0. The van der Waals surface area contributed by atoms with Crippen LogP contribution in [0.4, 0.5) is 26.3 Å². The van der Waals surface area contributed by atoms with E-state index in [9.17, 15) is 31.4 Å². The van der Waals surface area contributed by atoms with E-state index in [0.717, 1.165) is 5.56 Å². The van der Waals surface area contributed by atoms with Crippen molar-refractivity contribution in [3.05, 3.63) is 71.8 Å². The maximum Gasteiger partial charge on any atom is 0.568 e. The molecule has 0 spiro atoms. The number of alkyl halides is 6. The SMILES string of the molecule is O[C@H](CCc1ccccc1)C[N+](Cc1ccccc1)(C(F)(F)F)C(F)(F)F. The Balaban J connectivity index is 2.25. The Morgan fingerprint density at radius 1 is 0.741 bits per heavy atom. The van der Waals surface area contributed by atoms with E-state index >= 15 is 0 Å². The van der Waals surface area contributed by atoms with Gasteiger partial charge in [0.25, 0.3) is 0 Å². The van der Waals surface area contributed by atoms with E-state index in [-0.39, 0.29) is 18.4 Å². The second-order valence-corrected chi connectivity index (χ2v) is 6.41. The molecule has 148 valence electrons. The quantitative estimate of drug-likeness (QED) is 0.398. The van der Waals surface area contributed by atoms with Crippen LogP contribution in [-0.4, -0.2) is 34.8 Å². The van der Waals surface area contributed by atoms with Crippen molar-refractivity contribution in [1.82, 2.24) is 0 Å². The Kier molecular flexibility index (Phi) is 6.54. The van der Waals surface area contributed by atoms with Crippen molar-refractivity contribution in [2.45, 2.75) is 38.1 Å². The van der Waals surface area contributed by atoms with E-state index < -0.39 is 36.3 Å². The average molecular weight is 392 g/mol. The molecule has 0 aliphatic carbocycles. The molecule has 27 heavy (non-hydrogen) atoms. The summed E-state index contributed by atoms with van der Waals surface area (Å²) in [4.78, 5) is 0. The van der Waals surface area contributed by atoms with Crippen LogP contribution < -0.4 is 0 Å². The van der Waals surface area contributed by atoms with Crippen LogP contribution >= 0.6 is 0 Å². The molecule has 2 nitrogen and oxygen atoms in total. The topological polar surface area (TPSA) is 20.2 Å². The number of hydrogen-bond donors (Lipinski definition) is 1. The largest absolute Gasteiger partial charge is 0.568 e. The van der Waals surface area contributed by atoms with Gasteiger partial charge in [0.2, 0.25) is 0 Å². The van der Waals surface area contributed by atoms with Crippen LogP contribution in [0.5, 0.6) is 0 Å². The summed E-state index contributed by atoms with van der Waals surface area (Å²) in [6, 6.07) is 15.3. The summed E-state index contributed by atoms with van der Waals surface area (Å²) in [6.07, 6.45) is -13.0. The molecule has 0 aliphatic rings. The number of aliphatic hydroxyl groups is 1. The molecule has 8 heteroatoms. The molecule has 2 aromatic carbocycles. The van der Waals surface area contributed by atoms with Crippen LogP contribution in [0.2, 0.25) is 0 Å². The molecule has 0 fully saturated rings. The molecule has 0 saturated heterocycles. The van der Waals surface area contributed by atoms with Crippen molar-refractivity contribution in [2.75, 3.05) is 6.54 Å². The van der Waals surface area contributed by atoms with Crippen molar-refractivity contribution < 1.29 is 35.9 Å². The van der Waals surface area contributed by atoms with Crippen LogP contribution in [0.1, 0.15) is 17.5 Å². The van der Waals surface area contributed by atoms with Gasteiger partial charge < -0.3 is 5.11 Å². The van der Waals surface area contributed by atoms with Gasteiger partial charge in [-0.3, -0.25) is 0 Å². The summed E-state index contributed by atoms with van der Waals surface area (Å²) in [5.74, 6) is 0. The molecule has 0 heterocycles. The van der Waals surface area contributed by atoms with E-state index in [4.69, 9.17) is 0 Å². The number of hydrogen-bond acceptors (Lipinski definition) is 1. The molecule has 0 amide bonds. The Labute approximate surface area is 153 Å². The van der Waals surface area contributed by atoms with Gasteiger partial charge in [-0.2, -0.15) is 0 Å². The van der Waals surface area contributed by atoms with Crippen molar-refractivity contribution >= 4 is 0 Å². The van der Waals surface area contributed by atoms with Gasteiger partial charge in [0.05, 0.1) is 0 Å². The molecule has 2 aromatic rings. The Bertz CT molecular complexity index is 686. The molecule has 0 aromatic heterocycles. The fourth-order valence-corrected chi connectivity index (χ4v) is 2.92. The fourth-order valence-electron chi connectivity index (χ4n) is 2.92. The number of halogens is 6. The van der Waals surface area contributed by atoms with Crippen LogP contribution in [-0.2, 0) is 13.0 Å². The van der Waals surface area contributed by atoms with Gasteiger partial charge in [0, 0.05) is 5.56 Å². The summed E-state index contributed by atoms with van der Waals surface area (Å²) in [6.45, 7) is -2.81. The van der Waals surface area contributed by atoms with Gasteiger partial charge in [0.15, 0.2) is 0 Å². The summed E-state index contributed by atoms with van der Waals surface area (Å²) in [5.41, 5.74) is 0.624. The predicted octanol–water partition coefficient (Wildman–Crippen LogP) is 5.04. The van der Waals surface area contributed by atoms with Crippen LogP contribution in [0.3, 0.4) is 0 Å². The van der Waals surface area contributed by atoms with Gasteiger partial charge in [-0.1, -0.05) is 60.7 Å². The molecule has 1 atom stereocenters. The lowest BCUT2D eigenvalue weighted by Crippen LogP contribution is -2.67. The van der Waals surface area contributed by atoms with E-state index in [1.165, 1.54) is 30.3 Å². The second kappa shape index (κ2) is 8.31. The lowest BCUT2D eigenvalue weighted by Gasteiger charge is -2.40. The van der Waals surface area contributed by atoms with Crippen LogP contribution in [0.15, 0.2) is 60.7 Å². The molecule has 0 radical (unpaired) electrons. The number of nitrogens with zero attached hydrogens (tertiary/aromatic N) is 1. The molecule has 0 saturated carbocycles. The minimum atomic E-state index is -5.61. The summed E-state index contributed by atoms with van der Waals surface area (Å²) < 4.78 is 78.6. The number of aryl methyl sites for hydroxylation is 1. The minimum Gasteiger partial charge on any atom is -0.387 e. The van der Waals surface area contributed by atoms with E-state index in [2.05, 4.69) is 0 Å². The Hall–Kier alpha value is -2.06.